The zero-order chi connectivity index (χ0) is 22.4. The summed E-state index contributed by atoms with van der Waals surface area (Å²) in [7, 11) is 0. The lowest BCUT2D eigenvalue weighted by atomic mass is 10.1. The van der Waals surface area contributed by atoms with Crippen LogP contribution in [0, 0.1) is 12.3 Å². The Morgan fingerprint density at radius 3 is 2.42 bits per heavy atom. The molecule has 0 saturated heterocycles. The van der Waals surface area contributed by atoms with Crippen molar-refractivity contribution in [1.82, 2.24) is 15.0 Å². The number of para-hydroxylation sites is 2. The van der Waals surface area contributed by atoms with Crippen molar-refractivity contribution in [3.05, 3.63) is 82.7 Å². The number of carbonyl (C=O) groups excluding carboxylic acids is 1. The van der Waals surface area contributed by atoms with Gasteiger partial charge in [-0.2, -0.15) is 0 Å². The molecule has 6 nitrogen and oxygen atoms in total. The first-order valence-corrected chi connectivity index (χ1v) is 10.1. The molecule has 0 aliphatic carbocycles. The lowest BCUT2D eigenvalue weighted by Gasteiger charge is -2.06. The Hall–Kier alpha value is -3.47. The van der Waals surface area contributed by atoms with Gasteiger partial charge in [0.05, 0.1) is 15.5 Å². The third-order valence-electron chi connectivity index (χ3n) is 4.01. The van der Waals surface area contributed by atoms with Crippen molar-refractivity contribution in [3.8, 4) is 24.0 Å². The molecule has 0 bridgehead atoms. The number of pyridine rings is 1. The van der Waals surface area contributed by atoms with Gasteiger partial charge < -0.3 is 14.8 Å². The van der Waals surface area contributed by atoms with Crippen molar-refractivity contribution in [3.63, 3.8) is 0 Å². The van der Waals surface area contributed by atoms with Gasteiger partial charge in [-0.25, -0.2) is 9.97 Å². The number of ketones is 1. The lowest BCUT2D eigenvalue weighted by Crippen LogP contribution is -2.13. The Labute approximate surface area is 188 Å². The van der Waals surface area contributed by atoms with Gasteiger partial charge in [-0.05, 0) is 78.3 Å². The quantitative estimate of drug-likeness (QED) is 0.314. The van der Waals surface area contributed by atoms with Crippen molar-refractivity contribution < 1.29 is 14.6 Å². The maximum absolute atomic E-state index is 12.6. The highest BCUT2D eigenvalue weighted by Crippen LogP contribution is 2.27. The molecule has 2 heterocycles. The molecule has 0 fully saturated rings. The van der Waals surface area contributed by atoms with Gasteiger partial charge in [0.25, 0.3) is 0 Å². The highest BCUT2D eigenvalue weighted by Gasteiger charge is 2.14. The summed E-state index contributed by atoms with van der Waals surface area (Å²) in [6.45, 7) is 3.12. The minimum absolute atomic E-state index is 0.165. The number of terminal acetylenes is 1. The molecular formula is C24H20BrN3O3. The van der Waals surface area contributed by atoms with Gasteiger partial charge in [-0.1, -0.05) is 18.1 Å². The number of hydrogen-bond donors (Lipinski definition) is 2. The number of benzene rings is 2. The molecule has 0 spiro atoms. The van der Waals surface area contributed by atoms with Crippen molar-refractivity contribution in [1.29, 1.82) is 0 Å². The first-order valence-electron chi connectivity index (χ1n) is 9.35. The number of hydrogen-bond acceptors (Lipinski definition) is 5. The van der Waals surface area contributed by atoms with E-state index in [4.69, 9.17) is 16.3 Å². The van der Waals surface area contributed by atoms with Crippen LogP contribution >= 0.6 is 15.9 Å². The van der Waals surface area contributed by atoms with E-state index in [0.717, 1.165) is 15.5 Å². The fourth-order valence-electron chi connectivity index (χ4n) is 2.43. The lowest BCUT2D eigenvalue weighted by molar-refractivity contribution is 0.103. The van der Waals surface area contributed by atoms with Crippen molar-refractivity contribution in [2.24, 2.45) is 0 Å². The van der Waals surface area contributed by atoms with E-state index in [1.165, 1.54) is 0 Å². The van der Waals surface area contributed by atoms with Gasteiger partial charge in [0.2, 0.25) is 11.7 Å². The first-order chi connectivity index (χ1) is 14.8. The molecule has 0 unspecified atom stereocenters. The van der Waals surface area contributed by atoms with Crippen LogP contribution in [0.25, 0.3) is 11.0 Å². The molecule has 2 N–H and O–H groups in total. The van der Waals surface area contributed by atoms with Gasteiger partial charge in [-0.3, -0.25) is 4.79 Å². The third kappa shape index (κ3) is 6.01. The number of nitrogens with one attached hydrogen (secondary N) is 1. The second kappa shape index (κ2) is 9.56. The topological polar surface area (TPSA) is 88.1 Å². The van der Waals surface area contributed by atoms with Crippen LogP contribution in [0.3, 0.4) is 0 Å². The number of imidazole rings is 1. The second-order valence-corrected chi connectivity index (χ2v) is 7.91. The van der Waals surface area contributed by atoms with E-state index in [-0.39, 0.29) is 5.78 Å². The number of H-pyrrole nitrogens is 1. The van der Waals surface area contributed by atoms with E-state index in [1.807, 2.05) is 36.4 Å². The van der Waals surface area contributed by atoms with E-state index < -0.39 is 5.60 Å². The van der Waals surface area contributed by atoms with Crippen LogP contribution in [0.15, 0.2) is 71.3 Å². The number of ether oxygens (including phenoxy) is 1. The summed E-state index contributed by atoms with van der Waals surface area (Å²) < 4.78 is 6.47. The average molecular weight is 478 g/mol. The fourth-order valence-corrected chi connectivity index (χ4v) is 2.77. The molecule has 0 atom stereocenters. The van der Waals surface area contributed by atoms with Crippen molar-refractivity contribution in [2.75, 3.05) is 0 Å². The molecule has 7 heteroatoms. The molecule has 31 heavy (non-hydrogen) atoms. The minimum Gasteiger partial charge on any atom is -0.438 e. The molecule has 4 aromatic rings. The van der Waals surface area contributed by atoms with Crippen molar-refractivity contribution >= 4 is 32.7 Å². The van der Waals surface area contributed by atoms with Gasteiger partial charge in [-0.15, -0.1) is 6.42 Å². The minimum atomic E-state index is -0.931. The summed E-state index contributed by atoms with van der Waals surface area (Å²) in [5.41, 5.74) is 1.21. The van der Waals surface area contributed by atoms with Crippen LogP contribution in [-0.4, -0.2) is 31.4 Å². The number of fused-ring (bicyclic) bond motifs is 1. The summed E-state index contributed by atoms with van der Waals surface area (Å²) in [5, 5.41) is 8.59. The molecule has 0 aliphatic rings. The van der Waals surface area contributed by atoms with Gasteiger partial charge in [0.15, 0.2) is 5.82 Å². The van der Waals surface area contributed by atoms with Gasteiger partial charge in [0, 0.05) is 11.8 Å². The summed E-state index contributed by atoms with van der Waals surface area (Å²) in [6.07, 6.45) is 6.46. The van der Waals surface area contributed by atoms with Crippen LogP contribution in [-0.2, 0) is 0 Å². The number of aliphatic hydroxyl groups is 1. The Morgan fingerprint density at radius 1 is 1.13 bits per heavy atom. The van der Waals surface area contributed by atoms with Crippen LogP contribution in [0.5, 0.6) is 11.6 Å². The highest BCUT2D eigenvalue weighted by atomic mass is 79.9. The largest absolute Gasteiger partial charge is 0.438 e. The maximum atomic E-state index is 12.6. The van der Waals surface area contributed by atoms with Crippen LogP contribution < -0.4 is 4.74 Å². The summed E-state index contributed by atoms with van der Waals surface area (Å²) in [4.78, 5) is 24.1. The molecule has 156 valence electrons. The van der Waals surface area contributed by atoms with Crippen molar-refractivity contribution in [2.45, 2.75) is 19.4 Å². The van der Waals surface area contributed by atoms with Crippen LogP contribution in [0.2, 0.25) is 0 Å². The van der Waals surface area contributed by atoms with E-state index in [1.54, 1.807) is 44.3 Å². The summed E-state index contributed by atoms with van der Waals surface area (Å²) in [6, 6.07) is 18.1. The first kappa shape index (κ1) is 22.2. The Balaban J connectivity index is 0.000000401. The Bertz CT molecular complexity index is 1200. The molecule has 0 radical (unpaired) electrons. The SMILES string of the molecule is C#CC(C)(C)O.O=C(c1ccc(Oc2ncccc2Br)cc1)c1nc2ccccc2[nH]1. The predicted octanol–water partition coefficient (Wildman–Crippen LogP) is 5.13. The molecule has 0 aliphatic heterocycles. The average Bonchev–Trinajstić information content (AvgIpc) is 3.20. The summed E-state index contributed by atoms with van der Waals surface area (Å²) >= 11 is 3.38. The molecule has 4 rings (SSSR count). The third-order valence-corrected chi connectivity index (χ3v) is 4.62. The van der Waals surface area contributed by atoms with E-state index in [2.05, 4.69) is 36.8 Å². The number of nitrogens with zero attached hydrogens (tertiary/aromatic N) is 2. The summed E-state index contributed by atoms with van der Waals surface area (Å²) in [5.74, 6) is 3.39. The normalized spacial score (nSPS) is 10.7. The number of carbonyl (C=O) groups is 1. The maximum Gasteiger partial charge on any atom is 0.233 e. The zero-order valence-electron chi connectivity index (χ0n) is 17.0. The second-order valence-electron chi connectivity index (χ2n) is 7.05. The van der Waals surface area contributed by atoms with Gasteiger partial charge in [0.1, 0.15) is 11.4 Å². The highest BCUT2D eigenvalue weighted by molar-refractivity contribution is 9.10. The standard InChI is InChI=1S/C19H12BrN3O2.C5H8O/c20-14-4-3-11-21-19(14)25-13-9-7-12(8-10-13)17(24)18-22-15-5-1-2-6-16(15)23-18;1-4-5(2,3)6/h1-11H,(H,22,23);1,6H,2-3H3. The predicted molar refractivity (Wildman–Crippen MR) is 123 cm³/mol. The Kier molecular flexibility index (Phi) is 6.85. The molecule has 2 aromatic heterocycles. The molecule has 0 amide bonds. The Morgan fingerprint density at radius 2 is 1.81 bits per heavy atom. The zero-order valence-corrected chi connectivity index (χ0v) is 18.6. The van der Waals surface area contributed by atoms with Gasteiger partial charge >= 0.3 is 0 Å². The number of aromatic nitrogens is 3. The molecular weight excluding hydrogens is 458 g/mol. The number of aromatic amines is 1. The monoisotopic (exact) mass is 477 g/mol. The van der Waals surface area contributed by atoms with E-state index in [9.17, 15) is 4.79 Å². The molecule has 2 aromatic carbocycles. The van der Waals surface area contributed by atoms with E-state index >= 15 is 0 Å². The number of halogens is 1. The number of rotatable bonds is 4. The molecule has 0 saturated carbocycles. The van der Waals surface area contributed by atoms with Crippen LogP contribution in [0.1, 0.15) is 30.0 Å². The van der Waals surface area contributed by atoms with Crippen LogP contribution in [0.4, 0.5) is 0 Å². The smallest absolute Gasteiger partial charge is 0.233 e. The van der Waals surface area contributed by atoms with E-state index in [0.29, 0.717) is 23.0 Å². The fraction of sp³-hybridized carbons (Fsp3) is 0.125.